The molecule has 30 heavy (non-hydrogen) atoms. The highest BCUT2D eigenvalue weighted by Gasteiger charge is 2.22. The van der Waals surface area contributed by atoms with Gasteiger partial charge in [-0.25, -0.2) is 14.6 Å². The van der Waals surface area contributed by atoms with E-state index in [0.29, 0.717) is 34.5 Å². The van der Waals surface area contributed by atoms with Crippen LogP contribution in [0.1, 0.15) is 48.7 Å². The summed E-state index contributed by atoms with van der Waals surface area (Å²) in [4.78, 5) is 39.4. The Morgan fingerprint density at radius 3 is 2.70 bits per heavy atom. The fraction of sp³-hybridized carbons (Fsp3) is 0.318. The van der Waals surface area contributed by atoms with Crippen LogP contribution in [0.15, 0.2) is 41.3 Å². The van der Waals surface area contributed by atoms with Gasteiger partial charge in [-0.15, -0.1) is 0 Å². The van der Waals surface area contributed by atoms with Crippen LogP contribution in [0.25, 0.3) is 21.9 Å². The zero-order valence-electron chi connectivity index (χ0n) is 17.5. The van der Waals surface area contributed by atoms with E-state index < -0.39 is 0 Å². The molecule has 0 aliphatic heterocycles. The average Bonchev–Trinajstić information content (AvgIpc) is 3.15. The van der Waals surface area contributed by atoms with Crippen LogP contribution in [0.2, 0.25) is 0 Å². The van der Waals surface area contributed by atoms with E-state index in [0.717, 1.165) is 11.1 Å². The zero-order chi connectivity index (χ0) is 21.4. The highest BCUT2D eigenvalue weighted by atomic mass is 16.2. The standard InChI is InChI=1S/C22H24N6O2/c1-5-27(12-19-25-18-9-7-6-8-15(18)21(29)26-19)22(30)16-10-14(4)24-20-17(16)11-23-28(20)13(2)3/h6-11,13H,5,12H2,1-4H3,(H,25,26,29). The lowest BCUT2D eigenvalue weighted by atomic mass is 10.1. The summed E-state index contributed by atoms with van der Waals surface area (Å²) in [5, 5.41) is 5.67. The molecule has 0 saturated heterocycles. The predicted molar refractivity (Wildman–Crippen MR) is 115 cm³/mol. The number of fused-ring (bicyclic) bond motifs is 2. The molecule has 0 saturated carbocycles. The van der Waals surface area contributed by atoms with Crippen molar-refractivity contribution < 1.29 is 4.79 Å². The molecule has 1 aromatic carbocycles. The molecule has 0 bridgehead atoms. The Labute approximate surface area is 173 Å². The minimum Gasteiger partial charge on any atom is -0.331 e. The molecule has 4 rings (SSSR count). The maximum Gasteiger partial charge on any atom is 0.258 e. The third kappa shape index (κ3) is 3.45. The number of benzene rings is 1. The van der Waals surface area contributed by atoms with E-state index in [2.05, 4.69) is 20.1 Å². The SMILES string of the molecule is CCN(Cc1nc2ccccc2c(=O)[nH]1)C(=O)c1cc(C)nc2c1cnn2C(C)C. The molecule has 3 heterocycles. The minimum atomic E-state index is -0.209. The van der Waals surface area contributed by atoms with Crippen LogP contribution in [0.3, 0.4) is 0 Å². The molecule has 154 valence electrons. The minimum absolute atomic E-state index is 0.133. The highest BCUT2D eigenvalue weighted by Crippen LogP contribution is 2.22. The number of amides is 1. The Kier molecular flexibility index (Phi) is 5.07. The molecule has 1 amide bonds. The summed E-state index contributed by atoms with van der Waals surface area (Å²) in [6.45, 7) is 8.50. The number of pyridine rings is 1. The summed E-state index contributed by atoms with van der Waals surface area (Å²) in [6, 6.07) is 9.09. The Hall–Kier alpha value is -3.55. The molecular weight excluding hydrogens is 380 g/mol. The van der Waals surface area contributed by atoms with Crippen LogP contribution in [-0.4, -0.2) is 42.1 Å². The first kappa shape index (κ1) is 19.8. The smallest absolute Gasteiger partial charge is 0.258 e. The third-order valence-electron chi connectivity index (χ3n) is 5.09. The second-order valence-electron chi connectivity index (χ2n) is 7.58. The van der Waals surface area contributed by atoms with Crippen molar-refractivity contribution >= 4 is 27.8 Å². The van der Waals surface area contributed by atoms with Gasteiger partial charge in [-0.1, -0.05) is 12.1 Å². The normalized spacial score (nSPS) is 11.5. The topological polar surface area (TPSA) is 96.8 Å². The highest BCUT2D eigenvalue weighted by molar-refractivity contribution is 6.05. The van der Waals surface area contributed by atoms with Gasteiger partial charge in [0, 0.05) is 18.3 Å². The zero-order valence-corrected chi connectivity index (χ0v) is 17.5. The van der Waals surface area contributed by atoms with Crippen molar-refractivity contribution in [3.63, 3.8) is 0 Å². The summed E-state index contributed by atoms with van der Waals surface area (Å²) in [6.07, 6.45) is 1.69. The van der Waals surface area contributed by atoms with Gasteiger partial charge >= 0.3 is 0 Å². The van der Waals surface area contributed by atoms with Crippen LogP contribution < -0.4 is 5.56 Å². The van der Waals surface area contributed by atoms with Gasteiger partial charge in [0.15, 0.2) is 5.65 Å². The number of hydrogen-bond acceptors (Lipinski definition) is 5. The van der Waals surface area contributed by atoms with Gasteiger partial charge in [-0.2, -0.15) is 5.10 Å². The van der Waals surface area contributed by atoms with E-state index in [9.17, 15) is 9.59 Å². The number of carbonyl (C=O) groups is 1. The lowest BCUT2D eigenvalue weighted by Gasteiger charge is -2.21. The van der Waals surface area contributed by atoms with Gasteiger partial charge in [0.05, 0.1) is 34.6 Å². The van der Waals surface area contributed by atoms with Gasteiger partial charge in [0.25, 0.3) is 11.5 Å². The number of hydrogen-bond donors (Lipinski definition) is 1. The molecule has 3 aromatic heterocycles. The number of nitrogens with one attached hydrogen (secondary N) is 1. The molecule has 0 spiro atoms. The van der Waals surface area contributed by atoms with Crippen LogP contribution in [0, 0.1) is 6.92 Å². The number of carbonyl (C=O) groups excluding carboxylic acids is 1. The van der Waals surface area contributed by atoms with Gasteiger partial charge in [-0.05, 0) is 45.9 Å². The summed E-state index contributed by atoms with van der Waals surface area (Å²) in [7, 11) is 0. The first-order valence-corrected chi connectivity index (χ1v) is 10.0. The van der Waals surface area contributed by atoms with Gasteiger partial charge < -0.3 is 9.88 Å². The number of aryl methyl sites for hydroxylation is 1. The fourth-order valence-electron chi connectivity index (χ4n) is 3.59. The van der Waals surface area contributed by atoms with Crippen molar-refractivity contribution in [1.82, 2.24) is 29.6 Å². The Balaban J connectivity index is 1.73. The largest absolute Gasteiger partial charge is 0.331 e. The monoisotopic (exact) mass is 404 g/mol. The average molecular weight is 404 g/mol. The maximum absolute atomic E-state index is 13.4. The van der Waals surface area contributed by atoms with Gasteiger partial charge in [0.1, 0.15) is 5.82 Å². The van der Waals surface area contributed by atoms with Crippen molar-refractivity contribution in [2.75, 3.05) is 6.54 Å². The molecule has 8 nitrogen and oxygen atoms in total. The number of H-pyrrole nitrogens is 1. The molecule has 0 radical (unpaired) electrons. The van der Waals surface area contributed by atoms with Crippen LogP contribution in [0.4, 0.5) is 0 Å². The van der Waals surface area contributed by atoms with Gasteiger partial charge in [-0.3, -0.25) is 9.59 Å². The van der Waals surface area contributed by atoms with Crippen LogP contribution in [0.5, 0.6) is 0 Å². The lowest BCUT2D eigenvalue weighted by Crippen LogP contribution is -2.32. The van der Waals surface area contributed by atoms with Crippen LogP contribution in [-0.2, 0) is 6.54 Å². The maximum atomic E-state index is 13.4. The first-order valence-electron chi connectivity index (χ1n) is 10.0. The summed E-state index contributed by atoms with van der Waals surface area (Å²) in [5.74, 6) is 0.306. The Bertz CT molecular complexity index is 1300. The number of aromatic amines is 1. The molecular formula is C22H24N6O2. The lowest BCUT2D eigenvalue weighted by molar-refractivity contribution is 0.0750. The number of nitrogens with zero attached hydrogens (tertiary/aromatic N) is 5. The second-order valence-corrected chi connectivity index (χ2v) is 7.58. The van der Waals surface area contributed by atoms with E-state index in [1.165, 1.54) is 0 Å². The Morgan fingerprint density at radius 1 is 1.20 bits per heavy atom. The predicted octanol–water partition coefficient (Wildman–Crippen LogP) is 3.22. The summed E-state index contributed by atoms with van der Waals surface area (Å²) >= 11 is 0. The van der Waals surface area contributed by atoms with Crippen molar-refractivity contribution in [3.8, 4) is 0 Å². The summed E-state index contributed by atoms with van der Waals surface area (Å²) < 4.78 is 1.82. The quantitative estimate of drug-likeness (QED) is 0.551. The van der Waals surface area contributed by atoms with Crippen molar-refractivity contribution in [3.05, 3.63) is 64.0 Å². The van der Waals surface area contributed by atoms with Crippen molar-refractivity contribution in [2.45, 2.75) is 40.3 Å². The molecule has 0 fully saturated rings. The van der Waals surface area contributed by atoms with E-state index in [4.69, 9.17) is 0 Å². The number of rotatable bonds is 5. The molecule has 0 aliphatic carbocycles. The molecule has 4 aromatic rings. The molecule has 0 unspecified atom stereocenters. The van der Waals surface area contributed by atoms with Crippen LogP contribution >= 0.6 is 0 Å². The van der Waals surface area contributed by atoms with Crippen molar-refractivity contribution in [1.29, 1.82) is 0 Å². The third-order valence-corrected chi connectivity index (χ3v) is 5.09. The fourth-order valence-corrected chi connectivity index (χ4v) is 3.59. The second kappa shape index (κ2) is 7.70. The summed E-state index contributed by atoms with van der Waals surface area (Å²) in [5.41, 5.74) is 2.40. The Morgan fingerprint density at radius 2 is 1.97 bits per heavy atom. The molecule has 1 N–H and O–H groups in total. The van der Waals surface area contributed by atoms with Crippen molar-refractivity contribution in [2.24, 2.45) is 0 Å². The van der Waals surface area contributed by atoms with E-state index >= 15 is 0 Å². The molecule has 0 aliphatic rings. The molecule has 8 heteroatoms. The number of aromatic nitrogens is 5. The van der Waals surface area contributed by atoms with E-state index in [1.807, 2.05) is 38.4 Å². The number of para-hydroxylation sites is 1. The van der Waals surface area contributed by atoms with Gasteiger partial charge in [0.2, 0.25) is 0 Å². The van der Waals surface area contributed by atoms with E-state index in [1.54, 1.807) is 35.4 Å². The van der Waals surface area contributed by atoms with E-state index in [-0.39, 0.29) is 24.1 Å². The first-order chi connectivity index (χ1) is 14.4. The molecule has 0 atom stereocenters.